The number of nitrogens with zero attached hydrogens (tertiary/aromatic N) is 1. The summed E-state index contributed by atoms with van der Waals surface area (Å²) >= 11 is 0. The molecule has 0 bridgehead atoms. The van der Waals surface area contributed by atoms with Gasteiger partial charge in [0.25, 0.3) is 0 Å². The summed E-state index contributed by atoms with van der Waals surface area (Å²) in [6, 6.07) is 13.1. The van der Waals surface area contributed by atoms with Crippen molar-refractivity contribution in [1.82, 2.24) is 10.2 Å². The number of carbonyl (C=O) groups is 1. The first-order chi connectivity index (χ1) is 14.3. The number of halogens is 1. The molecular formula is C25H31FN2O2. The van der Waals surface area contributed by atoms with Gasteiger partial charge in [-0.05, 0) is 64.4 Å². The van der Waals surface area contributed by atoms with Crippen LogP contribution in [0.3, 0.4) is 0 Å². The van der Waals surface area contributed by atoms with E-state index < -0.39 is 0 Å². The van der Waals surface area contributed by atoms with Gasteiger partial charge in [-0.3, -0.25) is 9.69 Å². The molecular weight excluding hydrogens is 379 g/mol. The van der Waals surface area contributed by atoms with E-state index in [0.717, 1.165) is 54.8 Å². The molecule has 1 saturated heterocycles. The van der Waals surface area contributed by atoms with Crippen molar-refractivity contribution in [3.05, 3.63) is 65.0 Å². The van der Waals surface area contributed by atoms with E-state index in [1.807, 2.05) is 19.1 Å². The van der Waals surface area contributed by atoms with Crippen molar-refractivity contribution in [2.75, 3.05) is 13.1 Å². The van der Waals surface area contributed by atoms with Crippen molar-refractivity contribution >= 4 is 5.91 Å². The van der Waals surface area contributed by atoms with Crippen LogP contribution >= 0.6 is 0 Å². The lowest BCUT2D eigenvalue weighted by Gasteiger charge is -2.39. The molecule has 2 aliphatic rings. The molecule has 1 N–H and O–H groups in total. The molecule has 30 heavy (non-hydrogen) atoms. The Morgan fingerprint density at radius 1 is 1.20 bits per heavy atom. The zero-order valence-corrected chi connectivity index (χ0v) is 18.1. The maximum Gasteiger partial charge on any atom is 0.223 e. The lowest BCUT2D eigenvalue weighted by atomic mass is 9.88. The van der Waals surface area contributed by atoms with E-state index in [1.54, 1.807) is 6.07 Å². The number of rotatable bonds is 4. The zero-order chi connectivity index (χ0) is 21.3. The van der Waals surface area contributed by atoms with E-state index in [9.17, 15) is 9.18 Å². The first-order valence-corrected chi connectivity index (χ1v) is 10.9. The van der Waals surface area contributed by atoms with Crippen LogP contribution in [0.15, 0.2) is 42.5 Å². The molecule has 0 unspecified atom stereocenters. The molecule has 0 aliphatic carbocycles. The highest BCUT2D eigenvalue weighted by molar-refractivity contribution is 5.79. The van der Waals surface area contributed by atoms with E-state index >= 15 is 0 Å². The Kier molecular flexibility index (Phi) is 5.83. The van der Waals surface area contributed by atoms with Crippen molar-refractivity contribution in [2.24, 2.45) is 5.92 Å². The molecule has 1 amide bonds. The maximum absolute atomic E-state index is 13.9. The summed E-state index contributed by atoms with van der Waals surface area (Å²) in [6.45, 7) is 8.40. The highest BCUT2D eigenvalue weighted by atomic mass is 19.1. The summed E-state index contributed by atoms with van der Waals surface area (Å²) in [7, 11) is 0. The Bertz CT molecular complexity index is 919. The summed E-state index contributed by atoms with van der Waals surface area (Å²) in [5.41, 5.74) is 2.61. The lowest BCUT2D eigenvalue weighted by molar-refractivity contribution is -0.127. The van der Waals surface area contributed by atoms with Gasteiger partial charge in [-0.1, -0.05) is 30.3 Å². The highest BCUT2D eigenvalue weighted by Gasteiger charge is 2.36. The number of piperidine rings is 1. The van der Waals surface area contributed by atoms with Gasteiger partial charge in [0.15, 0.2) is 0 Å². The average molecular weight is 411 g/mol. The van der Waals surface area contributed by atoms with Gasteiger partial charge in [-0.15, -0.1) is 0 Å². The highest BCUT2D eigenvalue weighted by Crippen LogP contribution is 2.40. The molecule has 2 heterocycles. The van der Waals surface area contributed by atoms with Gasteiger partial charge in [-0.2, -0.15) is 0 Å². The van der Waals surface area contributed by atoms with Crippen LogP contribution < -0.4 is 10.1 Å². The number of benzene rings is 2. The number of hydrogen-bond acceptors (Lipinski definition) is 3. The smallest absolute Gasteiger partial charge is 0.223 e. The number of fused-ring (bicyclic) bond motifs is 1. The van der Waals surface area contributed by atoms with E-state index in [2.05, 4.69) is 42.3 Å². The topological polar surface area (TPSA) is 41.6 Å². The molecule has 160 valence electrons. The van der Waals surface area contributed by atoms with E-state index in [-0.39, 0.29) is 29.3 Å². The second kappa shape index (κ2) is 8.38. The quantitative estimate of drug-likeness (QED) is 0.790. The second-order valence-electron chi connectivity index (χ2n) is 9.31. The maximum atomic E-state index is 13.9. The Morgan fingerprint density at radius 3 is 2.67 bits per heavy atom. The van der Waals surface area contributed by atoms with Gasteiger partial charge in [0.1, 0.15) is 17.2 Å². The molecule has 5 heteroatoms. The van der Waals surface area contributed by atoms with Gasteiger partial charge >= 0.3 is 0 Å². The van der Waals surface area contributed by atoms with Gasteiger partial charge in [0.2, 0.25) is 5.91 Å². The minimum Gasteiger partial charge on any atom is -0.487 e. The van der Waals surface area contributed by atoms with Gasteiger partial charge in [0.05, 0.1) is 6.04 Å². The van der Waals surface area contributed by atoms with Gasteiger partial charge in [0, 0.05) is 30.0 Å². The summed E-state index contributed by atoms with van der Waals surface area (Å²) in [4.78, 5) is 15.3. The third-order valence-electron chi connectivity index (χ3n) is 6.25. The monoisotopic (exact) mass is 410 g/mol. The number of hydrogen-bond donors (Lipinski definition) is 1. The minimum atomic E-state index is -0.318. The first-order valence-electron chi connectivity index (χ1n) is 10.9. The van der Waals surface area contributed by atoms with Crippen LogP contribution in [0.1, 0.15) is 55.8 Å². The van der Waals surface area contributed by atoms with Gasteiger partial charge in [-0.25, -0.2) is 4.39 Å². The fourth-order valence-electron chi connectivity index (χ4n) is 4.60. The van der Waals surface area contributed by atoms with Crippen LogP contribution in [0.4, 0.5) is 4.39 Å². The SMILES string of the molecule is Cc1ccc2c(c1)OC(C)(C)C[C@@H]2NC(=O)C1CCN(Cc2ccccc2F)CC1. The summed E-state index contributed by atoms with van der Waals surface area (Å²) in [6.07, 6.45) is 2.35. The van der Waals surface area contributed by atoms with Crippen LogP contribution in [0.2, 0.25) is 0 Å². The molecule has 4 rings (SSSR count). The van der Waals surface area contributed by atoms with Crippen molar-refractivity contribution < 1.29 is 13.9 Å². The first kappa shape index (κ1) is 20.9. The number of aryl methyl sites for hydroxylation is 1. The van der Waals surface area contributed by atoms with E-state index in [4.69, 9.17) is 4.74 Å². The number of nitrogens with one attached hydrogen (secondary N) is 1. The molecule has 1 atom stereocenters. The van der Waals surface area contributed by atoms with Crippen LogP contribution in [0.25, 0.3) is 0 Å². The minimum absolute atomic E-state index is 0.00160. The largest absolute Gasteiger partial charge is 0.487 e. The summed E-state index contributed by atoms with van der Waals surface area (Å²) < 4.78 is 20.1. The Morgan fingerprint density at radius 2 is 1.93 bits per heavy atom. The molecule has 1 fully saturated rings. The normalized spacial score (nSPS) is 21.5. The third kappa shape index (κ3) is 4.67. The van der Waals surface area contributed by atoms with Crippen molar-refractivity contribution in [3.63, 3.8) is 0 Å². The van der Waals surface area contributed by atoms with Crippen LogP contribution in [0.5, 0.6) is 5.75 Å². The van der Waals surface area contributed by atoms with Crippen LogP contribution in [0, 0.1) is 18.7 Å². The predicted octanol–water partition coefficient (Wildman–Crippen LogP) is 4.76. The fraction of sp³-hybridized carbons (Fsp3) is 0.480. The predicted molar refractivity (Wildman–Crippen MR) is 116 cm³/mol. The van der Waals surface area contributed by atoms with Gasteiger partial charge < -0.3 is 10.1 Å². The second-order valence-corrected chi connectivity index (χ2v) is 9.31. The zero-order valence-electron chi connectivity index (χ0n) is 18.1. The Hall–Kier alpha value is -2.40. The fourth-order valence-corrected chi connectivity index (χ4v) is 4.60. The summed E-state index contributed by atoms with van der Waals surface area (Å²) in [5.74, 6) is 0.834. The van der Waals surface area contributed by atoms with Crippen molar-refractivity contribution in [1.29, 1.82) is 0 Å². The van der Waals surface area contributed by atoms with Crippen LogP contribution in [-0.4, -0.2) is 29.5 Å². The molecule has 2 aromatic rings. The van der Waals surface area contributed by atoms with E-state index in [0.29, 0.717) is 6.54 Å². The van der Waals surface area contributed by atoms with Crippen molar-refractivity contribution in [2.45, 2.75) is 58.2 Å². The number of carbonyl (C=O) groups excluding carboxylic acids is 1. The lowest BCUT2D eigenvalue weighted by Crippen LogP contribution is -2.45. The molecule has 4 nitrogen and oxygen atoms in total. The Balaban J connectivity index is 1.37. The van der Waals surface area contributed by atoms with Crippen LogP contribution in [-0.2, 0) is 11.3 Å². The van der Waals surface area contributed by atoms with Crippen molar-refractivity contribution in [3.8, 4) is 5.75 Å². The number of ether oxygens (including phenoxy) is 1. The molecule has 0 saturated carbocycles. The Labute approximate surface area is 178 Å². The molecule has 2 aliphatic heterocycles. The number of likely N-dealkylation sites (tertiary alicyclic amines) is 1. The molecule has 0 radical (unpaired) electrons. The average Bonchev–Trinajstić information content (AvgIpc) is 2.69. The number of amides is 1. The summed E-state index contributed by atoms with van der Waals surface area (Å²) in [5, 5.41) is 3.30. The molecule has 2 aromatic carbocycles. The standard InChI is InChI=1S/C25H31FN2O2/c1-17-8-9-20-22(15-25(2,3)30-23(20)14-17)27-24(29)18-10-12-28(13-11-18)16-19-6-4-5-7-21(19)26/h4-9,14,18,22H,10-13,15-16H2,1-3H3,(H,27,29)/t22-/m0/s1. The molecule has 0 aromatic heterocycles. The van der Waals surface area contributed by atoms with E-state index in [1.165, 1.54) is 6.07 Å². The third-order valence-corrected chi connectivity index (χ3v) is 6.25. The molecule has 0 spiro atoms.